The van der Waals surface area contributed by atoms with Gasteiger partial charge in [-0.25, -0.2) is 0 Å². The largest absolute Gasteiger partial charge is 0.454 e. The Morgan fingerprint density at radius 2 is 1.70 bits per heavy atom. The Kier molecular flexibility index (Phi) is 5.31. The summed E-state index contributed by atoms with van der Waals surface area (Å²) >= 11 is 0. The fourth-order valence-electron chi connectivity index (χ4n) is 4.13. The van der Waals surface area contributed by atoms with E-state index in [4.69, 9.17) is 4.74 Å². The minimum atomic E-state index is -0.470. The summed E-state index contributed by atoms with van der Waals surface area (Å²) in [6.45, 7) is 4.71. The Labute approximate surface area is 162 Å². The molecule has 0 aromatic heterocycles. The van der Waals surface area contributed by atoms with E-state index >= 15 is 0 Å². The van der Waals surface area contributed by atoms with Gasteiger partial charge in [-0.3, -0.25) is 9.69 Å². The van der Waals surface area contributed by atoms with E-state index in [1.807, 2.05) is 6.92 Å². The van der Waals surface area contributed by atoms with Crippen molar-refractivity contribution in [2.45, 2.75) is 57.1 Å². The number of hydrogen-bond donors (Lipinski definition) is 0. The average Bonchev–Trinajstić information content (AvgIpc) is 3.56. The summed E-state index contributed by atoms with van der Waals surface area (Å²) in [6.07, 6.45) is 4.76. The lowest BCUT2D eigenvalue weighted by Crippen LogP contribution is -2.44. The van der Waals surface area contributed by atoms with Crippen molar-refractivity contribution in [2.75, 3.05) is 13.1 Å². The minimum Gasteiger partial charge on any atom is -0.454 e. The molecule has 1 heterocycles. The Balaban J connectivity index is 1.49. The van der Waals surface area contributed by atoms with Gasteiger partial charge in [0.2, 0.25) is 0 Å². The second-order valence-corrected chi connectivity index (χ2v) is 7.98. The first-order valence-electron chi connectivity index (χ1n) is 10.3. The normalized spacial score (nSPS) is 19.6. The standard InChI is InChI=1S/C24H29NO2/c1-2-23(26)27-24(22-12-10-21(11-13-22)20-8-9-20)14-16-25(17-15-24)18-19-6-4-3-5-7-19/h3-7,10-13,20H,2,8-9,14-18H2,1H3. The fraction of sp³-hybridized carbons (Fsp3) is 0.458. The molecule has 0 amide bonds. The van der Waals surface area contributed by atoms with Gasteiger partial charge in [0.1, 0.15) is 5.60 Å². The van der Waals surface area contributed by atoms with Crippen LogP contribution < -0.4 is 0 Å². The monoisotopic (exact) mass is 363 g/mol. The zero-order valence-corrected chi connectivity index (χ0v) is 16.2. The van der Waals surface area contributed by atoms with Gasteiger partial charge < -0.3 is 4.74 Å². The first-order valence-corrected chi connectivity index (χ1v) is 10.3. The highest BCUT2D eigenvalue weighted by molar-refractivity contribution is 5.69. The topological polar surface area (TPSA) is 29.5 Å². The molecule has 1 aliphatic carbocycles. The molecule has 4 rings (SSSR count). The molecule has 0 atom stereocenters. The Morgan fingerprint density at radius 1 is 1.04 bits per heavy atom. The van der Waals surface area contributed by atoms with Gasteiger partial charge in [-0.2, -0.15) is 0 Å². The van der Waals surface area contributed by atoms with Crippen molar-refractivity contribution in [1.82, 2.24) is 4.90 Å². The highest BCUT2D eigenvalue weighted by Crippen LogP contribution is 2.42. The van der Waals surface area contributed by atoms with E-state index in [0.29, 0.717) is 6.42 Å². The molecule has 27 heavy (non-hydrogen) atoms. The summed E-state index contributed by atoms with van der Waals surface area (Å²) in [4.78, 5) is 14.6. The van der Waals surface area contributed by atoms with E-state index in [-0.39, 0.29) is 5.97 Å². The van der Waals surface area contributed by atoms with Crippen molar-refractivity contribution >= 4 is 5.97 Å². The number of carbonyl (C=O) groups is 1. The van der Waals surface area contributed by atoms with Gasteiger partial charge in [-0.05, 0) is 35.4 Å². The quantitative estimate of drug-likeness (QED) is 0.676. The van der Waals surface area contributed by atoms with Gasteiger partial charge in [0.25, 0.3) is 0 Å². The molecule has 3 heteroatoms. The second kappa shape index (κ2) is 7.85. The van der Waals surface area contributed by atoms with Crippen LogP contribution in [-0.2, 0) is 21.7 Å². The summed E-state index contributed by atoms with van der Waals surface area (Å²) in [5, 5.41) is 0. The number of esters is 1. The molecule has 2 fully saturated rings. The third-order valence-corrected chi connectivity index (χ3v) is 6.00. The lowest BCUT2D eigenvalue weighted by atomic mass is 9.83. The van der Waals surface area contributed by atoms with Crippen LogP contribution in [0.15, 0.2) is 54.6 Å². The predicted molar refractivity (Wildman–Crippen MR) is 107 cm³/mol. The molecule has 1 saturated heterocycles. The zero-order chi connectivity index (χ0) is 18.7. The summed E-state index contributed by atoms with van der Waals surface area (Å²) in [5.74, 6) is 0.652. The van der Waals surface area contributed by atoms with Crippen molar-refractivity contribution in [2.24, 2.45) is 0 Å². The van der Waals surface area contributed by atoms with Crippen molar-refractivity contribution in [1.29, 1.82) is 0 Å². The minimum absolute atomic E-state index is 0.0993. The highest BCUT2D eigenvalue weighted by atomic mass is 16.6. The summed E-state index contributed by atoms with van der Waals surface area (Å²) in [7, 11) is 0. The Hall–Kier alpha value is -2.13. The lowest BCUT2D eigenvalue weighted by molar-refractivity contribution is -0.166. The molecule has 0 spiro atoms. The summed E-state index contributed by atoms with van der Waals surface area (Å²) < 4.78 is 6.06. The van der Waals surface area contributed by atoms with Crippen LogP contribution in [0.4, 0.5) is 0 Å². The smallest absolute Gasteiger partial charge is 0.306 e. The van der Waals surface area contributed by atoms with E-state index in [9.17, 15) is 4.79 Å². The third kappa shape index (κ3) is 4.24. The van der Waals surface area contributed by atoms with Crippen molar-refractivity contribution in [3.8, 4) is 0 Å². The van der Waals surface area contributed by atoms with Gasteiger partial charge in [-0.1, -0.05) is 61.5 Å². The van der Waals surface area contributed by atoms with Crippen LogP contribution in [0, 0.1) is 0 Å². The first kappa shape index (κ1) is 18.2. The van der Waals surface area contributed by atoms with E-state index in [2.05, 4.69) is 59.5 Å². The van der Waals surface area contributed by atoms with Crippen molar-refractivity contribution in [3.05, 3.63) is 71.3 Å². The number of piperidine rings is 1. The predicted octanol–water partition coefficient (Wildman–Crippen LogP) is 5.01. The van der Waals surface area contributed by atoms with Gasteiger partial charge in [0, 0.05) is 38.9 Å². The molecular weight excluding hydrogens is 334 g/mol. The van der Waals surface area contributed by atoms with Crippen LogP contribution in [0.25, 0.3) is 0 Å². The maximum Gasteiger partial charge on any atom is 0.306 e. The van der Waals surface area contributed by atoms with Gasteiger partial charge in [-0.15, -0.1) is 0 Å². The summed E-state index contributed by atoms with van der Waals surface area (Å²) in [6, 6.07) is 19.5. The fourth-order valence-corrected chi connectivity index (χ4v) is 4.13. The molecule has 0 bridgehead atoms. The van der Waals surface area contributed by atoms with Crippen LogP contribution in [0.2, 0.25) is 0 Å². The maximum absolute atomic E-state index is 12.2. The molecule has 0 N–H and O–H groups in total. The highest BCUT2D eigenvalue weighted by Gasteiger charge is 2.39. The second-order valence-electron chi connectivity index (χ2n) is 7.98. The van der Waals surface area contributed by atoms with E-state index < -0.39 is 5.60 Å². The molecule has 1 aliphatic heterocycles. The average molecular weight is 364 g/mol. The number of ether oxygens (including phenoxy) is 1. The number of benzene rings is 2. The molecule has 2 aromatic carbocycles. The number of carbonyl (C=O) groups excluding carboxylic acids is 1. The number of hydrogen-bond acceptors (Lipinski definition) is 3. The molecule has 1 saturated carbocycles. The lowest BCUT2D eigenvalue weighted by Gasteiger charge is -2.41. The van der Waals surface area contributed by atoms with Crippen molar-refractivity contribution < 1.29 is 9.53 Å². The molecule has 2 aliphatic rings. The molecule has 0 radical (unpaired) electrons. The molecule has 3 nitrogen and oxygen atoms in total. The zero-order valence-electron chi connectivity index (χ0n) is 16.2. The van der Waals surface area contributed by atoms with Gasteiger partial charge in [0.15, 0.2) is 0 Å². The van der Waals surface area contributed by atoms with E-state index in [0.717, 1.165) is 44.0 Å². The Bertz CT molecular complexity index is 757. The molecular formula is C24H29NO2. The first-order chi connectivity index (χ1) is 13.2. The molecule has 142 valence electrons. The Morgan fingerprint density at radius 3 is 2.30 bits per heavy atom. The SMILES string of the molecule is CCC(=O)OC1(c2ccc(C3CC3)cc2)CCN(Cc2ccccc2)CC1. The number of likely N-dealkylation sites (tertiary alicyclic amines) is 1. The van der Waals surface area contributed by atoms with Crippen LogP contribution >= 0.6 is 0 Å². The maximum atomic E-state index is 12.2. The molecule has 0 unspecified atom stereocenters. The third-order valence-electron chi connectivity index (χ3n) is 6.00. The summed E-state index contributed by atoms with van der Waals surface area (Å²) in [5.41, 5.74) is 3.46. The van der Waals surface area contributed by atoms with Crippen molar-refractivity contribution in [3.63, 3.8) is 0 Å². The number of rotatable bonds is 6. The van der Waals surface area contributed by atoms with Crippen LogP contribution in [0.3, 0.4) is 0 Å². The van der Waals surface area contributed by atoms with Crippen LogP contribution in [0.5, 0.6) is 0 Å². The number of nitrogens with zero attached hydrogens (tertiary/aromatic N) is 1. The van der Waals surface area contributed by atoms with E-state index in [1.165, 1.54) is 24.0 Å². The molecule has 2 aromatic rings. The van der Waals surface area contributed by atoms with Crippen LogP contribution in [-0.4, -0.2) is 24.0 Å². The van der Waals surface area contributed by atoms with Gasteiger partial charge in [0.05, 0.1) is 0 Å². The van der Waals surface area contributed by atoms with Gasteiger partial charge >= 0.3 is 5.97 Å². The van der Waals surface area contributed by atoms with E-state index in [1.54, 1.807) is 0 Å². The van der Waals surface area contributed by atoms with Crippen LogP contribution in [0.1, 0.15) is 61.6 Å².